The second-order valence-electron chi connectivity index (χ2n) is 9.91. The second-order valence-corrected chi connectivity index (χ2v) is 9.91. The summed E-state index contributed by atoms with van der Waals surface area (Å²) in [5.74, 6) is 1.07. The Morgan fingerprint density at radius 3 is 2.69 bits per heavy atom. The highest BCUT2D eigenvalue weighted by Gasteiger charge is 2.24. The fourth-order valence-electron chi connectivity index (χ4n) is 4.91. The summed E-state index contributed by atoms with van der Waals surface area (Å²) >= 11 is 0. The molecule has 3 unspecified atom stereocenters. The van der Waals surface area contributed by atoms with Crippen LogP contribution in [0.4, 0.5) is 10.1 Å². The molecule has 1 aliphatic heterocycles. The molecule has 1 aromatic heterocycles. The third-order valence-corrected chi connectivity index (χ3v) is 7.06. The van der Waals surface area contributed by atoms with Crippen molar-refractivity contribution in [3.8, 4) is 11.4 Å². The number of nitrogens with zero attached hydrogens (tertiary/aromatic N) is 5. The molecule has 0 bridgehead atoms. The molecule has 2 aromatic carbocycles. The lowest BCUT2D eigenvalue weighted by Gasteiger charge is -2.35. The Morgan fingerprint density at radius 1 is 1.17 bits per heavy atom. The molecule has 36 heavy (non-hydrogen) atoms. The van der Waals surface area contributed by atoms with Crippen LogP contribution in [0.2, 0.25) is 0 Å². The molecule has 0 amide bonds. The van der Waals surface area contributed by atoms with Gasteiger partial charge in [0, 0.05) is 37.4 Å². The van der Waals surface area contributed by atoms with Crippen LogP contribution in [-0.4, -0.2) is 68.7 Å². The van der Waals surface area contributed by atoms with E-state index in [4.69, 9.17) is 0 Å². The summed E-state index contributed by atoms with van der Waals surface area (Å²) < 4.78 is 14.9. The molecule has 4 rings (SSSR count). The molecule has 3 atom stereocenters. The van der Waals surface area contributed by atoms with Crippen molar-refractivity contribution in [1.29, 1.82) is 0 Å². The van der Waals surface area contributed by atoms with Crippen LogP contribution in [-0.2, 0) is 19.9 Å². The van der Waals surface area contributed by atoms with Crippen LogP contribution in [0.3, 0.4) is 0 Å². The summed E-state index contributed by atoms with van der Waals surface area (Å²) in [6.07, 6.45) is 3.69. The van der Waals surface area contributed by atoms with E-state index in [9.17, 15) is 9.50 Å². The van der Waals surface area contributed by atoms with Gasteiger partial charge in [0.05, 0.1) is 12.8 Å². The lowest BCUT2D eigenvalue weighted by molar-refractivity contribution is 0.0642. The maximum absolute atomic E-state index is 13.2. The molecule has 3 aromatic rings. The number of aromatic nitrogens is 4. The molecule has 0 radical (unpaired) electrons. The summed E-state index contributed by atoms with van der Waals surface area (Å²) in [6.45, 7) is 7.29. The fourth-order valence-corrected chi connectivity index (χ4v) is 4.91. The minimum atomic E-state index is -0.473. The van der Waals surface area contributed by atoms with E-state index >= 15 is 0 Å². The van der Waals surface area contributed by atoms with Crippen molar-refractivity contribution in [3.05, 3.63) is 59.4 Å². The molecule has 9 heteroatoms. The molecule has 0 aliphatic carbocycles. The van der Waals surface area contributed by atoms with Gasteiger partial charge in [-0.1, -0.05) is 19.1 Å². The third kappa shape index (κ3) is 7.09. The monoisotopic (exact) mass is 495 g/mol. The van der Waals surface area contributed by atoms with Crippen LogP contribution < -0.4 is 10.6 Å². The topological polar surface area (TPSA) is 91.1 Å². The van der Waals surface area contributed by atoms with Gasteiger partial charge in [-0.3, -0.25) is 5.32 Å². The Balaban J connectivity index is 1.25. The molecule has 0 spiro atoms. The summed E-state index contributed by atoms with van der Waals surface area (Å²) in [7, 11) is 1.83. The van der Waals surface area contributed by atoms with Crippen molar-refractivity contribution >= 4 is 5.69 Å². The highest BCUT2D eigenvalue weighted by atomic mass is 19.1. The predicted octanol–water partition coefficient (Wildman–Crippen LogP) is 3.24. The Bertz CT molecular complexity index is 1100. The van der Waals surface area contributed by atoms with Crippen molar-refractivity contribution in [2.45, 2.75) is 51.7 Å². The first-order chi connectivity index (χ1) is 17.4. The van der Waals surface area contributed by atoms with Gasteiger partial charge >= 0.3 is 0 Å². The van der Waals surface area contributed by atoms with E-state index in [1.807, 2.05) is 32.2 Å². The van der Waals surface area contributed by atoms with Crippen LogP contribution >= 0.6 is 0 Å². The van der Waals surface area contributed by atoms with Crippen molar-refractivity contribution < 1.29 is 9.50 Å². The van der Waals surface area contributed by atoms with Gasteiger partial charge in [0.15, 0.2) is 5.82 Å². The number of halogens is 1. The summed E-state index contributed by atoms with van der Waals surface area (Å²) in [5, 5.41) is 29.5. The van der Waals surface area contributed by atoms with Gasteiger partial charge < -0.3 is 15.3 Å². The van der Waals surface area contributed by atoms with E-state index in [-0.39, 0.29) is 11.9 Å². The SMILES string of the molecule is CCc1cc(NCNC(C)C(O)CN2CCCC(Cc3ccc(F)cc3)C2)cc(-c2nnnn2C)c1. The number of hydrogen-bond acceptors (Lipinski definition) is 7. The Kier molecular flexibility index (Phi) is 9.01. The summed E-state index contributed by atoms with van der Waals surface area (Å²) in [6, 6.07) is 13.1. The molecular weight excluding hydrogens is 457 g/mol. The largest absolute Gasteiger partial charge is 0.390 e. The van der Waals surface area contributed by atoms with Crippen molar-refractivity contribution in [3.63, 3.8) is 0 Å². The molecular formula is C27H38FN7O. The summed E-state index contributed by atoms with van der Waals surface area (Å²) in [4.78, 5) is 2.36. The number of aryl methyl sites for hydroxylation is 2. The fraction of sp³-hybridized carbons (Fsp3) is 0.519. The molecule has 2 heterocycles. The van der Waals surface area contributed by atoms with E-state index in [1.165, 1.54) is 29.7 Å². The molecule has 3 N–H and O–H groups in total. The van der Waals surface area contributed by atoms with Gasteiger partial charge in [-0.05, 0) is 97.0 Å². The van der Waals surface area contributed by atoms with Gasteiger partial charge in [-0.25, -0.2) is 9.07 Å². The van der Waals surface area contributed by atoms with Crippen LogP contribution in [0, 0.1) is 11.7 Å². The zero-order valence-electron chi connectivity index (χ0n) is 21.5. The molecule has 1 fully saturated rings. The number of benzene rings is 2. The molecule has 1 aliphatic rings. The van der Waals surface area contributed by atoms with Gasteiger partial charge in [0.2, 0.25) is 0 Å². The standard InChI is InChI=1S/C27H38FN7O/c1-4-20-13-23(27-31-32-33-34(27)3)15-25(14-20)30-18-29-19(2)26(36)17-35-11-5-6-22(16-35)12-21-7-9-24(28)10-8-21/h7-10,13-15,19,22,26,29-30,36H,4-6,11-12,16-18H2,1-3H3. The van der Waals surface area contributed by atoms with Crippen LogP contribution in [0.25, 0.3) is 11.4 Å². The average Bonchev–Trinajstić information content (AvgIpc) is 3.31. The number of piperidine rings is 1. The zero-order valence-corrected chi connectivity index (χ0v) is 21.5. The Labute approximate surface area is 212 Å². The maximum atomic E-state index is 13.2. The first-order valence-electron chi connectivity index (χ1n) is 12.9. The van der Waals surface area contributed by atoms with E-state index in [0.717, 1.165) is 49.4 Å². The number of tetrazole rings is 1. The summed E-state index contributed by atoms with van der Waals surface area (Å²) in [5.41, 5.74) is 4.33. The molecule has 194 valence electrons. The van der Waals surface area contributed by atoms with Gasteiger partial charge in [-0.15, -0.1) is 5.10 Å². The number of aliphatic hydroxyl groups is 1. The van der Waals surface area contributed by atoms with Crippen LogP contribution in [0.15, 0.2) is 42.5 Å². The van der Waals surface area contributed by atoms with Crippen molar-refractivity contribution in [2.24, 2.45) is 13.0 Å². The van der Waals surface area contributed by atoms with Crippen LogP contribution in [0.5, 0.6) is 0 Å². The van der Waals surface area contributed by atoms with E-state index in [2.05, 4.69) is 50.1 Å². The van der Waals surface area contributed by atoms with Gasteiger partial charge in [0.1, 0.15) is 5.82 Å². The number of anilines is 1. The molecule has 0 saturated carbocycles. The predicted molar refractivity (Wildman–Crippen MR) is 140 cm³/mol. The van der Waals surface area contributed by atoms with Crippen molar-refractivity contribution in [1.82, 2.24) is 30.4 Å². The molecule has 8 nitrogen and oxygen atoms in total. The average molecular weight is 496 g/mol. The Hall–Kier alpha value is -2.88. The normalized spacial score (nSPS) is 18.2. The first kappa shape index (κ1) is 26.2. The van der Waals surface area contributed by atoms with E-state index < -0.39 is 6.10 Å². The minimum absolute atomic E-state index is 0.0632. The van der Waals surface area contributed by atoms with Crippen molar-refractivity contribution in [2.75, 3.05) is 31.6 Å². The number of rotatable bonds is 11. The lowest BCUT2D eigenvalue weighted by Crippen LogP contribution is -2.48. The zero-order chi connectivity index (χ0) is 25.5. The molecule has 1 saturated heterocycles. The van der Waals surface area contributed by atoms with Gasteiger partial charge in [-0.2, -0.15) is 0 Å². The number of β-amino-alcohol motifs (C(OH)–C–C–N with tert-alkyl or cyclic N) is 1. The number of nitrogens with one attached hydrogen (secondary N) is 2. The quantitative estimate of drug-likeness (QED) is 0.352. The Morgan fingerprint density at radius 2 is 1.97 bits per heavy atom. The highest BCUT2D eigenvalue weighted by molar-refractivity contribution is 5.64. The maximum Gasteiger partial charge on any atom is 0.181 e. The van der Waals surface area contributed by atoms with Crippen LogP contribution in [0.1, 0.15) is 37.8 Å². The van der Waals surface area contributed by atoms with Gasteiger partial charge in [0.25, 0.3) is 0 Å². The smallest absolute Gasteiger partial charge is 0.181 e. The first-order valence-corrected chi connectivity index (χ1v) is 12.9. The number of likely N-dealkylation sites (tertiary alicyclic amines) is 1. The lowest BCUT2D eigenvalue weighted by atomic mass is 9.91. The van der Waals surface area contributed by atoms with E-state index in [1.54, 1.807) is 4.68 Å². The van der Waals surface area contributed by atoms with E-state index in [0.29, 0.717) is 19.1 Å². The third-order valence-electron chi connectivity index (χ3n) is 7.06. The number of aliphatic hydroxyl groups excluding tert-OH is 1. The minimum Gasteiger partial charge on any atom is -0.390 e. The second kappa shape index (κ2) is 12.4. The highest BCUT2D eigenvalue weighted by Crippen LogP contribution is 2.23. The number of hydrogen-bond donors (Lipinski definition) is 3.